The number of hydrogen-bond acceptors (Lipinski definition) is 3. The van der Waals surface area contributed by atoms with Crippen molar-refractivity contribution in [1.29, 1.82) is 0 Å². The molecule has 1 aromatic rings. The molecule has 19 heavy (non-hydrogen) atoms. The smallest absolute Gasteiger partial charge is 0.253 e. The van der Waals surface area contributed by atoms with Crippen LogP contribution < -0.4 is 10.6 Å². The topological polar surface area (TPSA) is 49.6 Å². The van der Waals surface area contributed by atoms with E-state index in [1.807, 2.05) is 12.1 Å². The summed E-state index contributed by atoms with van der Waals surface area (Å²) in [5.41, 5.74) is 8.45. The molecule has 0 aliphatic carbocycles. The molecule has 0 aromatic heterocycles. The molecule has 0 spiro atoms. The molecule has 1 amide bonds. The van der Waals surface area contributed by atoms with Crippen LogP contribution >= 0.6 is 0 Å². The summed E-state index contributed by atoms with van der Waals surface area (Å²) in [4.78, 5) is 15.8. The van der Waals surface area contributed by atoms with Gasteiger partial charge in [-0.3, -0.25) is 4.79 Å². The molecule has 0 atom stereocenters. The van der Waals surface area contributed by atoms with E-state index in [0.717, 1.165) is 37.3 Å². The first-order valence-electron chi connectivity index (χ1n) is 6.87. The van der Waals surface area contributed by atoms with Gasteiger partial charge < -0.3 is 15.5 Å². The van der Waals surface area contributed by atoms with Crippen molar-refractivity contribution in [3.63, 3.8) is 0 Å². The predicted octanol–water partition coefficient (Wildman–Crippen LogP) is 2.60. The summed E-state index contributed by atoms with van der Waals surface area (Å²) in [7, 11) is 3.52. The Balaban J connectivity index is 3.10. The van der Waals surface area contributed by atoms with Crippen LogP contribution in [-0.4, -0.2) is 38.0 Å². The van der Waals surface area contributed by atoms with E-state index in [1.54, 1.807) is 25.1 Å². The molecule has 0 saturated heterocycles. The summed E-state index contributed by atoms with van der Waals surface area (Å²) >= 11 is 0. The van der Waals surface area contributed by atoms with Crippen LogP contribution in [0.4, 0.5) is 11.4 Å². The number of rotatable bonds is 6. The molecule has 0 bridgehead atoms. The minimum atomic E-state index is 0.00852. The number of benzene rings is 1. The van der Waals surface area contributed by atoms with Gasteiger partial charge in [0.05, 0.1) is 11.4 Å². The minimum Gasteiger partial charge on any atom is -0.397 e. The maximum Gasteiger partial charge on any atom is 0.253 e. The van der Waals surface area contributed by atoms with Crippen LogP contribution in [0.2, 0.25) is 0 Å². The first-order valence-corrected chi connectivity index (χ1v) is 6.87. The third-order valence-electron chi connectivity index (χ3n) is 3.01. The van der Waals surface area contributed by atoms with Crippen molar-refractivity contribution in [2.75, 3.05) is 37.8 Å². The Labute approximate surface area is 116 Å². The summed E-state index contributed by atoms with van der Waals surface area (Å²) in [5, 5.41) is 0. The van der Waals surface area contributed by atoms with E-state index in [4.69, 9.17) is 5.73 Å². The molecule has 0 aliphatic heterocycles. The number of amides is 1. The average molecular weight is 263 g/mol. The molecule has 0 heterocycles. The molecule has 0 radical (unpaired) electrons. The summed E-state index contributed by atoms with van der Waals surface area (Å²) in [6.07, 6.45) is 2.12. The Morgan fingerprint density at radius 2 is 1.74 bits per heavy atom. The van der Waals surface area contributed by atoms with Gasteiger partial charge in [-0.05, 0) is 31.0 Å². The van der Waals surface area contributed by atoms with E-state index in [2.05, 4.69) is 18.7 Å². The quantitative estimate of drug-likeness (QED) is 0.803. The number of nitrogens with two attached hydrogens (primary N) is 1. The Hall–Kier alpha value is -1.71. The maximum absolute atomic E-state index is 12.0. The van der Waals surface area contributed by atoms with E-state index in [0.29, 0.717) is 5.56 Å². The maximum atomic E-state index is 12.0. The van der Waals surface area contributed by atoms with Gasteiger partial charge in [-0.2, -0.15) is 0 Å². The summed E-state index contributed by atoms with van der Waals surface area (Å²) in [6.45, 7) is 6.21. The second-order valence-corrected chi connectivity index (χ2v) is 4.96. The lowest BCUT2D eigenvalue weighted by atomic mass is 10.1. The molecular weight excluding hydrogens is 238 g/mol. The summed E-state index contributed by atoms with van der Waals surface area (Å²) in [5.74, 6) is 0.00852. The minimum absolute atomic E-state index is 0.00852. The Morgan fingerprint density at radius 1 is 1.16 bits per heavy atom. The highest BCUT2D eigenvalue weighted by molar-refractivity contribution is 5.96. The zero-order valence-electron chi connectivity index (χ0n) is 12.4. The number of hydrogen-bond donors (Lipinski definition) is 1. The first kappa shape index (κ1) is 15.3. The summed E-state index contributed by atoms with van der Waals surface area (Å²) < 4.78 is 0. The molecular formula is C15H25N3O. The van der Waals surface area contributed by atoms with Crippen molar-refractivity contribution in [2.24, 2.45) is 0 Å². The lowest BCUT2D eigenvalue weighted by Gasteiger charge is -2.26. The van der Waals surface area contributed by atoms with Crippen molar-refractivity contribution in [3.05, 3.63) is 23.8 Å². The molecule has 1 aromatic carbocycles. The highest BCUT2D eigenvalue weighted by Crippen LogP contribution is 2.25. The van der Waals surface area contributed by atoms with E-state index < -0.39 is 0 Å². The number of nitrogen functional groups attached to an aromatic ring is 1. The van der Waals surface area contributed by atoms with Crippen molar-refractivity contribution in [1.82, 2.24) is 4.90 Å². The van der Waals surface area contributed by atoms with Crippen LogP contribution in [0.1, 0.15) is 37.0 Å². The van der Waals surface area contributed by atoms with Gasteiger partial charge in [0, 0.05) is 32.7 Å². The fourth-order valence-electron chi connectivity index (χ4n) is 2.10. The molecule has 2 N–H and O–H groups in total. The molecule has 0 fully saturated rings. The highest BCUT2D eigenvalue weighted by atomic mass is 16.2. The van der Waals surface area contributed by atoms with Gasteiger partial charge >= 0.3 is 0 Å². The molecule has 0 unspecified atom stereocenters. The second kappa shape index (κ2) is 7.02. The fraction of sp³-hybridized carbons (Fsp3) is 0.533. The van der Waals surface area contributed by atoms with E-state index in [1.165, 1.54) is 0 Å². The van der Waals surface area contributed by atoms with Crippen LogP contribution in [0.3, 0.4) is 0 Å². The normalized spacial score (nSPS) is 10.3. The number of carbonyl (C=O) groups excluding carboxylic acids is 1. The number of carbonyl (C=O) groups is 1. The van der Waals surface area contributed by atoms with Crippen LogP contribution in [0, 0.1) is 0 Å². The van der Waals surface area contributed by atoms with Crippen LogP contribution in [-0.2, 0) is 0 Å². The SMILES string of the molecule is CCCN(CCC)c1cc(C(=O)N(C)C)ccc1N. The summed E-state index contributed by atoms with van der Waals surface area (Å²) in [6, 6.07) is 5.52. The van der Waals surface area contributed by atoms with E-state index in [-0.39, 0.29) is 5.91 Å². The largest absolute Gasteiger partial charge is 0.397 e. The zero-order chi connectivity index (χ0) is 14.4. The fourth-order valence-corrected chi connectivity index (χ4v) is 2.10. The van der Waals surface area contributed by atoms with Gasteiger partial charge in [0.15, 0.2) is 0 Å². The predicted molar refractivity (Wildman–Crippen MR) is 81.7 cm³/mol. The average Bonchev–Trinajstić information content (AvgIpc) is 2.38. The van der Waals surface area contributed by atoms with Crippen LogP contribution in [0.15, 0.2) is 18.2 Å². The third kappa shape index (κ3) is 3.88. The van der Waals surface area contributed by atoms with Crippen molar-refractivity contribution >= 4 is 17.3 Å². The Kier molecular flexibility index (Phi) is 5.67. The van der Waals surface area contributed by atoms with E-state index in [9.17, 15) is 4.79 Å². The van der Waals surface area contributed by atoms with Gasteiger partial charge in [-0.25, -0.2) is 0 Å². The van der Waals surface area contributed by atoms with Crippen molar-refractivity contribution < 1.29 is 4.79 Å². The molecule has 4 heteroatoms. The van der Waals surface area contributed by atoms with Crippen molar-refractivity contribution in [2.45, 2.75) is 26.7 Å². The van der Waals surface area contributed by atoms with E-state index >= 15 is 0 Å². The van der Waals surface area contributed by atoms with Crippen molar-refractivity contribution in [3.8, 4) is 0 Å². The lowest BCUT2D eigenvalue weighted by Crippen LogP contribution is -2.27. The third-order valence-corrected chi connectivity index (χ3v) is 3.01. The van der Waals surface area contributed by atoms with Gasteiger partial charge in [0.2, 0.25) is 0 Å². The zero-order valence-corrected chi connectivity index (χ0v) is 12.4. The number of anilines is 2. The van der Waals surface area contributed by atoms with Gasteiger partial charge in [-0.1, -0.05) is 13.8 Å². The lowest BCUT2D eigenvalue weighted by molar-refractivity contribution is 0.0827. The van der Waals surface area contributed by atoms with Crippen LogP contribution in [0.5, 0.6) is 0 Å². The monoisotopic (exact) mass is 263 g/mol. The van der Waals surface area contributed by atoms with Gasteiger partial charge in [0.1, 0.15) is 0 Å². The molecule has 106 valence electrons. The molecule has 0 aliphatic rings. The molecule has 4 nitrogen and oxygen atoms in total. The highest BCUT2D eigenvalue weighted by Gasteiger charge is 2.13. The Morgan fingerprint density at radius 3 is 2.21 bits per heavy atom. The molecule has 1 rings (SSSR count). The standard InChI is InChI=1S/C15H25N3O/c1-5-9-18(10-6-2)14-11-12(7-8-13(14)16)15(19)17(3)4/h7-8,11H,5-6,9-10,16H2,1-4H3. The van der Waals surface area contributed by atoms with Gasteiger partial charge in [-0.15, -0.1) is 0 Å². The molecule has 0 saturated carbocycles. The second-order valence-electron chi connectivity index (χ2n) is 4.96. The first-order chi connectivity index (χ1) is 9.01. The van der Waals surface area contributed by atoms with Gasteiger partial charge in [0.25, 0.3) is 5.91 Å². The van der Waals surface area contributed by atoms with Crippen LogP contribution in [0.25, 0.3) is 0 Å². The Bertz CT molecular complexity index is 423. The number of nitrogens with zero attached hydrogens (tertiary/aromatic N) is 2.